The summed E-state index contributed by atoms with van der Waals surface area (Å²) in [6.07, 6.45) is -8.08. The van der Waals surface area contributed by atoms with Gasteiger partial charge in [-0.2, -0.15) is 26.3 Å². The maximum atomic E-state index is 14.2. The Kier molecular flexibility index (Phi) is 7.54. The van der Waals surface area contributed by atoms with Crippen molar-refractivity contribution in [3.05, 3.63) is 65.5 Å². The number of nitrogens with zero attached hydrogens (tertiary/aromatic N) is 1. The third-order valence-electron chi connectivity index (χ3n) is 10.6. The largest absolute Gasteiger partial charge is 0.611 e. The molecule has 3 aliphatic rings. The van der Waals surface area contributed by atoms with E-state index < -0.39 is 61.5 Å². The highest BCUT2D eigenvalue weighted by Crippen LogP contribution is 2.66. The summed E-state index contributed by atoms with van der Waals surface area (Å²) < 4.78 is 109. The van der Waals surface area contributed by atoms with Crippen molar-refractivity contribution in [2.24, 2.45) is 10.8 Å². The van der Waals surface area contributed by atoms with Crippen molar-refractivity contribution in [1.29, 1.82) is 0 Å². The Morgan fingerprint density at radius 2 is 1.40 bits per heavy atom. The molecule has 1 unspecified atom stereocenters. The topological polar surface area (TPSA) is 63.6 Å². The summed E-state index contributed by atoms with van der Waals surface area (Å²) in [5, 5.41) is 10.9. The second-order valence-corrected chi connectivity index (χ2v) is 15.0. The lowest BCUT2D eigenvalue weighted by Gasteiger charge is -2.38. The van der Waals surface area contributed by atoms with Gasteiger partial charge in [-0.3, -0.25) is 4.79 Å². The Bertz CT molecular complexity index is 1350. The summed E-state index contributed by atoms with van der Waals surface area (Å²) in [6.45, 7) is 3.67. The van der Waals surface area contributed by atoms with E-state index in [1.165, 1.54) is 12.1 Å². The molecule has 3 fully saturated rings. The third kappa shape index (κ3) is 4.86. The molecule has 2 bridgehead atoms. The van der Waals surface area contributed by atoms with Crippen LogP contribution in [0.25, 0.3) is 0 Å². The van der Waals surface area contributed by atoms with E-state index in [9.17, 15) is 45.2 Å². The highest BCUT2D eigenvalue weighted by atomic mass is 32.2. The Hall–Kier alpha value is -2.31. The van der Waals surface area contributed by atoms with Crippen LogP contribution in [-0.4, -0.2) is 51.5 Å². The minimum Gasteiger partial charge on any atom is -0.611 e. The van der Waals surface area contributed by atoms with Crippen molar-refractivity contribution in [1.82, 2.24) is 4.90 Å². The van der Waals surface area contributed by atoms with Gasteiger partial charge in [0.05, 0.1) is 17.6 Å². The van der Waals surface area contributed by atoms with Gasteiger partial charge in [0.1, 0.15) is 5.82 Å². The second-order valence-electron chi connectivity index (χ2n) is 13.2. The zero-order valence-corrected chi connectivity index (χ0v) is 24.9. The predicted molar refractivity (Wildman–Crippen MR) is 146 cm³/mol. The second kappa shape index (κ2) is 10.1. The number of fused-ring (bicyclic) bond motifs is 2. The Balaban J connectivity index is 1.52. The van der Waals surface area contributed by atoms with Gasteiger partial charge in [0.15, 0.2) is 15.1 Å². The van der Waals surface area contributed by atoms with Crippen LogP contribution < -0.4 is 0 Å². The van der Waals surface area contributed by atoms with Gasteiger partial charge in [0.2, 0.25) is 5.91 Å². The van der Waals surface area contributed by atoms with E-state index in [1.807, 2.05) is 0 Å². The first-order valence-corrected chi connectivity index (χ1v) is 15.3. The Morgan fingerprint density at radius 3 is 1.86 bits per heavy atom. The summed E-state index contributed by atoms with van der Waals surface area (Å²) in [5.74, 6) is -0.717. The van der Waals surface area contributed by atoms with Gasteiger partial charge in [-0.25, -0.2) is 4.39 Å². The van der Waals surface area contributed by atoms with E-state index in [1.54, 1.807) is 18.7 Å². The molecule has 5 rings (SSSR count). The van der Waals surface area contributed by atoms with E-state index >= 15 is 0 Å². The van der Waals surface area contributed by atoms with E-state index in [0.29, 0.717) is 32.1 Å². The van der Waals surface area contributed by atoms with Gasteiger partial charge >= 0.3 is 12.4 Å². The molecule has 1 heterocycles. The van der Waals surface area contributed by atoms with Crippen molar-refractivity contribution < 1.29 is 45.2 Å². The number of alkyl halides is 6. The zero-order chi connectivity index (χ0) is 31.9. The zero-order valence-electron chi connectivity index (χ0n) is 24.0. The quantitative estimate of drug-likeness (QED) is 0.271. The number of carbonyl (C=O) groups is 1. The molecule has 1 amide bonds. The van der Waals surface area contributed by atoms with Crippen molar-refractivity contribution in [3.8, 4) is 0 Å². The first kappa shape index (κ1) is 32.1. The Morgan fingerprint density at radius 1 is 0.860 bits per heavy atom. The van der Waals surface area contributed by atoms with E-state index in [-0.39, 0.29) is 42.8 Å². The number of benzene rings is 2. The molecule has 43 heavy (non-hydrogen) atoms. The van der Waals surface area contributed by atoms with Crippen molar-refractivity contribution in [2.45, 2.75) is 92.3 Å². The van der Waals surface area contributed by atoms with Crippen LogP contribution in [0.1, 0.15) is 70.4 Å². The molecular formula is C31H34F7NO3S. The van der Waals surface area contributed by atoms with Crippen LogP contribution in [0.15, 0.2) is 53.4 Å². The van der Waals surface area contributed by atoms with Crippen LogP contribution in [0.4, 0.5) is 30.7 Å². The number of rotatable bonds is 6. The minimum atomic E-state index is -5.63. The summed E-state index contributed by atoms with van der Waals surface area (Å²) in [6, 6.07) is 8.65. The van der Waals surface area contributed by atoms with Crippen LogP contribution in [-0.2, 0) is 26.1 Å². The fourth-order valence-electron chi connectivity index (χ4n) is 7.49. The summed E-state index contributed by atoms with van der Waals surface area (Å²) >= 11 is -1.95. The maximum absolute atomic E-state index is 14.2. The number of likely N-dealkylation sites (tertiary alicyclic amines) is 1. The van der Waals surface area contributed by atoms with Crippen LogP contribution in [0.3, 0.4) is 0 Å². The highest BCUT2D eigenvalue weighted by molar-refractivity contribution is 7.92. The summed E-state index contributed by atoms with van der Waals surface area (Å²) in [5.41, 5.74) is -6.98. The highest BCUT2D eigenvalue weighted by Gasteiger charge is 2.69. The van der Waals surface area contributed by atoms with Crippen molar-refractivity contribution in [2.75, 3.05) is 13.1 Å². The first-order chi connectivity index (χ1) is 19.7. The minimum absolute atomic E-state index is 0.0811. The van der Waals surface area contributed by atoms with Gasteiger partial charge in [-0.05, 0) is 99.3 Å². The molecule has 0 spiro atoms. The van der Waals surface area contributed by atoms with Crippen LogP contribution in [0.5, 0.6) is 0 Å². The number of amides is 1. The van der Waals surface area contributed by atoms with Gasteiger partial charge in [0, 0.05) is 18.5 Å². The van der Waals surface area contributed by atoms with Crippen LogP contribution in [0, 0.1) is 16.6 Å². The molecule has 0 radical (unpaired) electrons. The van der Waals surface area contributed by atoms with Gasteiger partial charge in [-0.1, -0.05) is 24.3 Å². The molecule has 1 aliphatic heterocycles. The standard InChI is InChI=1S/C31H34F7NO3S/c1-25(2,41)28-14-12-27(18-28,13-15-28)24(40)39-17-16-29(19-39,43(42)23-10-8-22(32)9-11-23)21-6-4-20(5-7-21)26(3,30(33,34)35)31(36,37)38/h4-11,41H,12-19H2,1-3H3/t27?,28?,29-,43?/m0/s1. The monoisotopic (exact) mass is 633 g/mol. The molecule has 2 aromatic carbocycles. The fourth-order valence-corrected chi connectivity index (χ4v) is 9.22. The normalized spacial score (nSPS) is 28.9. The lowest BCUT2D eigenvalue weighted by atomic mass is 9.71. The average molecular weight is 634 g/mol. The molecule has 1 N–H and O–H groups in total. The number of aliphatic hydroxyl groups is 1. The number of carbonyl (C=O) groups excluding carboxylic acids is 1. The molecule has 2 atom stereocenters. The average Bonchev–Trinajstić information content (AvgIpc) is 3.65. The first-order valence-electron chi connectivity index (χ1n) is 14.2. The number of hydrogen-bond acceptors (Lipinski definition) is 3. The summed E-state index contributed by atoms with van der Waals surface area (Å²) in [7, 11) is 0. The molecule has 0 aromatic heterocycles. The van der Waals surface area contributed by atoms with E-state index in [0.717, 1.165) is 36.4 Å². The number of hydrogen-bond donors (Lipinski definition) is 1. The van der Waals surface area contributed by atoms with Crippen molar-refractivity contribution >= 4 is 17.1 Å². The third-order valence-corrected chi connectivity index (χ3v) is 12.6. The molecule has 2 aliphatic carbocycles. The van der Waals surface area contributed by atoms with Crippen LogP contribution >= 0.6 is 0 Å². The Labute approximate surface area is 248 Å². The maximum Gasteiger partial charge on any atom is 0.406 e. The summed E-state index contributed by atoms with van der Waals surface area (Å²) in [4.78, 5) is 15.9. The lowest BCUT2D eigenvalue weighted by Crippen LogP contribution is -2.51. The molecule has 2 saturated carbocycles. The lowest BCUT2D eigenvalue weighted by molar-refractivity contribution is -0.297. The fraction of sp³-hybridized carbons (Fsp3) is 0.581. The molecule has 2 aromatic rings. The predicted octanol–water partition coefficient (Wildman–Crippen LogP) is 7.16. The van der Waals surface area contributed by atoms with E-state index in [4.69, 9.17) is 0 Å². The van der Waals surface area contributed by atoms with E-state index in [2.05, 4.69) is 0 Å². The van der Waals surface area contributed by atoms with Crippen molar-refractivity contribution in [3.63, 3.8) is 0 Å². The molecular weight excluding hydrogens is 599 g/mol. The molecule has 4 nitrogen and oxygen atoms in total. The molecule has 1 saturated heterocycles. The number of halogens is 7. The van der Waals surface area contributed by atoms with Gasteiger partial charge in [0.25, 0.3) is 0 Å². The molecule has 236 valence electrons. The molecule has 12 heteroatoms. The van der Waals surface area contributed by atoms with Gasteiger partial charge < -0.3 is 14.6 Å². The van der Waals surface area contributed by atoms with Crippen LogP contribution in [0.2, 0.25) is 0 Å². The smallest absolute Gasteiger partial charge is 0.406 e. The SMILES string of the molecule is CC(C)(O)C12CCC(C(=O)N3CC[C@](c4ccc(C(C)(C(F)(F)F)C(F)(F)F)cc4)([S+]([O-])c4ccc(F)cc4)C3)(CC1)C2. The van der Waals surface area contributed by atoms with Gasteiger partial charge in [-0.15, -0.1) is 0 Å².